The summed E-state index contributed by atoms with van der Waals surface area (Å²) in [5, 5.41) is 3.18. The Morgan fingerprint density at radius 3 is 2.60 bits per heavy atom. The molecule has 0 aromatic rings. The van der Waals surface area contributed by atoms with E-state index in [-0.39, 0.29) is 1.43 Å². The average molecular weight is 215 g/mol. The number of nitrogens with one attached hydrogen (secondary N) is 1. The molecule has 0 unspecified atom stereocenters. The Morgan fingerprint density at radius 1 is 1.20 bits per heavy atom. The standard InChI is InChI=1S/C12H23NO2.H2/c1-4-13-7-9-15-11-10-14-8-5-6-12(2)3;/h12-13H,4,7-11H2,1-3H3;1H. The molecule has 0 heterocycles. The summed E-state index contributed by atoms with van der Waals surface area (Å²) in [6, 6.07) is 0. The quantitative estimate of drug-likeness (QED) is 0.492. The van der Waals surface area contributed by atoms with E-state index < -0.39 is 0 Å². The van der Waals surface area contributed by atoms with E-state index in [2.05, 4.69) is 37.9 Å². The van der Waals surface area contributed by atoms with E-state index in [1.165, 1.54) is 0 Å². The SMILES string of the molecule is CCNCCOCCOCC#CC(C)C.[HH]. The maximum atomic E-state index is 5.33. The summed E-state index contributed by atoms with van der Waals surface area (Å²) in [4.78, 5) is 0. The number of rotatable bonds is 8. The second kappa shape index (κ2) is 11.5. The normalized spacial score (nSPS) is 10.1. The highest BCUT2D eigenvalue weighted by Crippen LogP contribution is 1.85. The van der Waals surface area contributed by atoms with Gasteiger partial charge in [-0.3, -0.25) is 0 Å². The van der Waals surface area contributed by atoms with Crippen molar-refractivity contribution < 1.29 is 10.9 Å². The molecule has 0 aromatic carbocycles. The van der Waals surface area contributed by atoms with Gasteiger partial charge in [0.15, 0.2) is 0 Å². The molecule has 0 rings (SSSR count). The molecule has 3 nitrogen and oxygen atoms in total. The Hall–Kier alpha value is -0.560. The zero-order valence-electron chi connectivity index (χ0n) is 10.1. The number of likely N-dealkylation sites (N-methyl/N-ethyl adjacent to an activating group) is 1. The van der Waals surface area contributed by atoms with Crippen LogP contribution in [-0.2, 0) is 9.47 Å². The maximum Gasteiger partial charge on any atom is 0.107 e. The van der Waals surface area contributed by atoms with Crippen LogP contribution in [0, 0.1) is 17.8 Å². The van der Waals surface area contributed by atoms with Crippen LogP contribution < -0.4 is 5.32 Å². The molecule has 0 saturated heterocycles. The van der Waals surface area contributed by atoms with Gasteiger partial charge in [-0.25, -0.2) is 0 Å². The third kappa shape index (κ3) is 13.4. The molecule has 0 saturated carbocycles. The van der Waals surface area contributed by atoms with Crippen LogP contribution in [0.5, 0.6) is 0 Å². The summed E-state index contributed by atoms with van der Waals surface area (Å²) in [7, 11) is 0. The lowest BCUT2D eigenvalue weighted by atomic mass is 10.2. The molecule has 0 aliphatic rings. The second-order valence-electron chi connectivity index (χ2n) is 3.49. The molecule has 0 atom stereocenters. The van der Waals surface area contributed by atoms with Gasteiger partial charge in [0.2, 0.25) is 0 Å². The van der Waals surface area contributed by atoms with Crippen LogP contribution in [0.2, 0.25) is 0 Å². The molecule has 90 valence electrons. The number of ether oxygens (including phenoxy) is 2. The predicted molar refractivity (Wildman–Crippen MR) is 64.9 cm³/mol. The molecule has 0 aliphatic carbocycles. The van der Waals surface area contributed by atoms with Crippen molar-refractivity contribution in [3.8, 4) is 11.8 Å². The third-order valence-electron chi connectivity index (χ3n) is 1.61. The van der Waals surface area contributed by atoms with Gasteiger partial charge in [0.05, 0.1) is 19.8 Å². The van der Waals surface area contributed by atoms with E-state index in [9.17, 15) is 0 Å². The van der Waals surface area contributed by atoms with Gasteiger partial charge in [0.1, 0.15) is 6.61 Å². The lowest BCUT2D eigenvalue weighted by Gasteiger charge is -2.03. The van der Waals surface area contributed by atoms with Crippen LogP contribution in [0.15, 0.2) is 0 Å². The van der Waals surface area contributed by atoms with Crippen LogP contribution >= 0.6 is 0 Å². The Labute approximate surface area is 95.0 Å². The Kier molecular flexibility index (Phi) is 11.1. The molecule has 0 fully saturated rings. The fourth-order valence-electron chi connectivity index (χ4n) is 0.910. The van der Waals surface area contributed by atoms with Crippen molar-refractivity contribution >= 4 is 0 Å². The molecule has 1 N–H and O–H groups in total. The highest BCUT2D eigenvalue weighted by atomic mass is 16.5. The molecule has 0 amide bonds. The van der Waals surface area contributed by atoms with Gasteiger partial charge in [0, 0.05) is 13.9 Å². The van der Waals surface area contributed by atoms with Gasteiger partial charge in [-0.1, -0.05) is 32.6 Å². The van der Waals surface area contributed by atoms with Crippen molar-refractivity contribution in [1.82, 2.24) is 5.32 Å². The monoisotopic (exact) mass is 215 g/mol. The third-order valence-corrected chi connectivity index (χ3v) is 1.61. The Balaban J connectivity index is 0. The Morgan fingerprint density at radius 2 is 1.93 bits per heavy atom. The van der Waals surface area contributed by atoms with E-state index in [0.717, 1.165) is 19.7 Å². The van der Waals surface area contributed by atoms with Crippen molar-refractivity contribution in [3.63, 3.8) is 0 Å². The predicted octanol–water partition coefficient (Wildman–Crippen LogP) is 1.53. The minimum atomic E-state index is 0. The summed E-state index contributed by atoms with van der Waals surface area (Å²) in [5.74, 6) is 6.42. The van der Waals surface area contributed by atoms with E-state index in [4.69, 9.17) is 9.47 Å². The maximum absolute atomic E-state index is 5.33. The van der Waals surface area contributed by atoms with Crippen molar-refractivity contribution in [3.05, 3.63) is 0 Å². The minimum absolute atomic E-state index is 0. The molecule has 0 aliphatic heterocycles. The zero-order valence-corrected chi connectivity index (χ0v) is 10.1. The van der Waals surface area contributed by atoms with Crippen molar-refractivity contribution in [2.45, 2.75) is 20.8 Å². The van der Waals surface area contributed by atoms with Gasteiger partial charge in [0.25, 0.3) is 0 Å². The van der Waals surface area contributed by atoms with E-state index >= 15 is 0 Å². The van der Waals surface area contributed by atoms with Crippen LogP contribution in [0.4, 0.5) is 0 Å². The average Bonchev–Trinajstić information content (AvgIpc) is 2.20. The van der Waals surface area contributed by atoms with E-state index in [1.54, 1.807) is 0 Å². The lowest BCUT2D eigenvalue weighted by Crippen LogP contribution is -2.20. The minimum Gasteiger partial charge on any atom is -0.378 e. The molecule has 0 radical (unpaired) electrons. The molecule has 3 heteroatoms. The highest BCUT2D eigenvalue weighted by molar-refractivity contribution is 5.01. The largest absolute Gasteiger partial charge is 0.378 e. The number of hydrogen-bond acceptors (Lipinski definition) is 3. The van der Waals surface area contributed by atoms with Crippen molar-refractivity contribution in [2.75, 3.05) is 39.5 Å². The lowest BCUT2D eigenvalue weighted by molar-refractivity contribution is 0.0615. The van der Waals surface area contributed by atoms with Crippen LogP contribution in [0.1, 0.15) is 22.2 Å². The summed E-state index contributed by atoms with van der Waals surface area (Å²) in [6.07, 6.45) is 0. The van der Waals surface area contributed by atoms with Crippen molar-refractivity contribution in [2.24, 2.45) is 5.92 Å². The topological polar surface area (TPSA) is 30.5 Å². The fourth-order valence-corrected chi connectivity index (χ4v) is 0.910. The highest BCUT2D eigenvalue weighted by Gasteiger charge is 1.88. The van der Waals surface area contributed by atoms with Gasteiger partial charge < -0.3 is 14.8 Å². The zero-order chi connectivity index (χ0) is 11.4. The molecule has 0 aromatic heterocycles. The number of hydrogen-bond donors (Lipinski definition) is 1. The van der Waals surface area contributed by atoms with E-state index in [1.807, 2.05) is 0 Å². The van der Waals surface area contributed by atoms with Crippen LogP contribution in [-0.4, -0.2) is 39.5 Å². The van der Waals surface area contributed by atoms with Gasteiger partial charge in [-0.2, -0.15) is 0 Å². The summed E-state index contributed by atoms with van der Waals surface area (Å²) in [6.45, 7) is 10.6. The fraction of sp³-hybridized carbons (Fsp3) is 0.833. The first kappa shape index (κ1) is 14.4. The summed E-state index contributed by atoms with van der Waals surface area (Å²) >= 11 is 0. The van der Waals surface area contributed by atoms with Gasteiger partial charge in [-0.15, -0.1) is 0 Å². The Bertz CT molecular complexity index is 187. The molecule has 0 spiro atoms. The van der Waals surface area contributed by atoms with Gasteiger partial charge >= 0.3 is 0 Å². The first-order valence-corrected chi connectivity index (χ1v) is 5.62. The molecule has 15 heavy (non-hydrogen) atoms. The van der Waals surface area contributed by atoms with Crippen LogP contribution in [0.25, 0.3) is 0 Å². The first-order valence-electron chi connectivity index (χ1n) is 5.62. The second-order valence-corrected chi connectivity index (χ2v) is 3.49. The van der Waals surface area contributed by atoms with Crippen molar-refractivity contribution in [1.29, 1.82) is 0 Å². The summed E-state index contributed by atoms with van der Waals surface area (Å²) in [5.41, 5.74) is 0. The molecule has 0 bridgehead atoms. The van der Waals surface area contributed by atoms with Gasteiger partial charge in [-0.05, 0) is 6.54 Å². The first-order chi connectivity index (χ1) is 7.27. The molecular formula is C12H25NO2. The smallest absolute Gasteiger partial charge is 0.107 e. The molecular weight excluding hydrogens is 190 g/mol. The van der Waals surface area contributed by atoms with Crippen LogP contribution in [0.3, 0.4) is 0 Å². The summed E-state index contributed by atoms with van der Waals surface area (Å²) < 4.78 is 10.6. The van der Waals surface area contributed by atoms with E-state index in [0.29, 0.717) is 25.7 Å².